The monoisotopic (exact) mass is 678 g/mol. The number of nitrogens with zero attached hydrogens (tertiary/aromatic N) is 2. The summed E-state index contributed by atoms with van der Waals surface area (Å²) in [5, 5.41) is 7.74. The molecule has 2 heteroatoms. The van der Waals surface area contributed by atoms with E-state index in [1.165, 1.54) is 71.3 Å². The minimum absolute atomic E-state index is 0.631. The maximum Gasteiger partial charge on any atom is 0.145 e. The second-order valence-electron chi connectivity index (χ2n) is 14.6. The van der Waals surface area contributed by atoms with Gasteiger partial charge >= 0.3 is 0 Å². The minimum Gasteiger partial charge on any atom is -0.292 e. The highest BCUT2D eigenvalue weighted by atomic mass is 15.1. The molecule has 252 valence electrons. The van der Waals surface area contributed by atoms with Crippen LogP contribution in [0, 0.1) is 20.8 Å². The zero-order valence-electron chi connectivity index (χ0n) is 30.1. The first-order valence-corrected chi connectivity index (χ1v) is 18.5. The Morgan fingerprint density at radius 3 is 1.87 bits per heavy atom. The fourth-order valence-corrected chi connectivity index (χ4v) is 8.97. The van der Waals surface area contributed by atoms with Gasteiger partial charge in [-0.15, -0.1) is 0 Å². The Morgan fingerprint density at radius 2 is 1.11 bits per heavy atom. The van der Waals surface area contributed by atoms with Gasteiger partial charge in [-0.05, 0) is 111 Å². The van der Waals surface area contributed by atoms with Crippen LogP contribution in [0.4, 0.5) is 0 Å². The summed E-state index contributed by atoms with van der Waals surface area (Å²) in [4.78, 5) is 5.22. The van der Waals surface area contributed by atoms with Gasteiger partial charge < -0.3 is 0 Å². The zero-order valence-corrected chi connectivity index (χ0v) is 30.1. The number of aryl methyl sites for hydroxylation is 3. The largest absolute Gasteiger partial charge is 0.292 e. The van der Waals surface area contributed by atoms with Crippen LogP contribution in [0.3, 0.4) is 0 Å². The lowest BCUT2D eigenvalue weighted by Gasteiger charge is -2.39. The van der Waals surface area contributed by atoms with Gasteiger partial charge in [-0.2, -0.15) is 0 Å². The Balaban J connectivity index is 1.31. The van der Waals surface area contributed by atoms with E-state index in [1.54, 1.807) is 0 Å². The molecule has 0 bridgehead atoms. The van der Waals surface area contributed by atoms with Crippen molar-refractivity contribution in [3.05, 3.63) is 215 Å². The Kier molecular flexibility index (Phi) is 7.10. The van der Waals surface area contributed by atoms with Crippen molar-refractivity contribution in [2.75, 3.05) is 0 Å². The fraction of sp³-hybridized carbons (Fsp3) is 0.0784. The molecular formula is C51H38N2. The summed E-state index contributed by atoms with van der Waals surface area (Å²) >= 11 is 0. The molecule has 0 radical (unpaired) electrons. The van der Waals surface area contributed by atoms with Crippen molar-refractivity contribution in [1.82, 2.24) is 9.55 Å². The standard InChI is InChI=1S/C51H38N2/c1-33-19-26-40(27-20-33)51(44-30-21-34(2)31-35(44)3,45-32-39-13-9-11-36-22-23-37-12-10-16-43(45)49(37)48(36)39)41-28-24-38(25-29-41)50-52-46-17-7-8-18-47(46)53(50)42-14-5-4-6-15-42/h4-32H,1-3H3. The van der Waals surface area contributed by atoms with E-state index in [0.29, 0.717) is 0 Å². The van der Waals surface area contributed by atoms with Gasteiger partial charge in [0, 0.05) is 11.3 Å². The highest BCUT2D eigenvalue weighted by Gasteiger charge is 2.41. The molecule has 1 atom stereocenters. The summed E-state index contributed by atoms with van der Waals surface area (Å²) in [6.07, 6.45) is 0. The summed E-state index contributed by atoms with van der Waals surface area (Å²) < 4.78 is 2.28. The molecule has 10 rings (SSSR count). The number of rotatable bonds is 6. The molecule has 1 unspecified atom stereocenters. The van der Waals surface area contributed by atoms with Crippen molar-refractivity contribution in [1.29, 1.82) is 0 Å². The van der Waals surface area contributed by atoms with Crippen molar-refractivity contribution < 1.29 is 0 Å². The summed E-state index contributed by atoms with van der Waals surface area (Å²) in [7, 11) is 0. The highest BCUT2D eigenvalue weighted by molar-refractivity contribution is 6.24. The Labute approximate surface area is 310 Å². The van der Waals surface area contributed by atoms with E-state index in [0.717, 1.165) is 28.1 Å². The number of imidazole rings is 1. The van der Waals surface area contributed by atoms with Crippen molar-refractivity contribution in [2.24, 2.45) is 0 Å². The van der Waals surface area contributed by atoms with Crippen molar-refractivity contribution >= 4 is 43.4 Å². The number of hydrogen-bond acceptors (Lipinski definition) is 1. The first-order valence-electron chi connectivity index (χ1n) is 18.5. The van der Waals surface area contributed by atoms with Gasteiger partial charge in [-0.3, -0.25) is 4.57 Å². The molecule has 0 spiro atoms. The van der Waals surface area contributed by atoms with Crippen molar-refractivity contribution in [3.8, 4) is 17.1 Å². The predicted octanol–water partition coefficient (Wildman–Crippen LogP) is 12.9. The smallest absolute Gasteiger partial charge is 0.145 e. The van der Waals surface area contributed by atoms with Crippen LogP contribution < -0.4 is 0 Å². The number of para-hydroxylation sites is 3. The molecule has 9 aromatic carbocycles. The van der Waals surface area contributed by atoms with Crippen LogP contribution in [0.1, 0.15) is 38.9 Å². The number of aromatic nitrogens is 2. The SMILES string of the molecule is Cc1ccc(C(c2ccc(-c3nc4ccccc4n3-c3ccccc3)cc2)(c2ccc(C)cc2C)c2cc3cccc4ccc5cccc2c5c43)cc1. The van der Waals surface area contributed by atoms with Crippen LogP contribution in [-0.4, -0.2) is 9.55 Å². The number of benzene rings is 9. The van der Waals surface area contributed by atoms with Crippen LogP contribution in [0.15, 0.2) is 176 Å². The first-order chi connectivity index (χ1) is 26.0. The highest BCUT2D eigenvalue weighted by Crippen LogP contribution is 2.51. The van der Waals surface area contributed by atoms with Gasteiger partial charge in [0.1, 0.15) is 5.82 Å². The Morgan fingerprint density at radius 1 is 0.472 bits per heavy atom. The van der Waals surface area contributed by atoms with Crippen LogP contribution in [0.25, 0.3) is 60.4 Å². The van der Waals surface area contributed by atoms with Crippen LogP contribution in [0.5, 0.6) is 0 Å². The molecule has 0 saturated carbocycles. The average molecular weight is 679 g/mol. The maximum absolute atomic E-state index is 5.22. The third kappa shape index (κ3) is 4.76. The van der Waals surface area contributed by atoms with Crippen LogP contribution in [0.2, 0.25) is 0 Å². The number of hydrogen-bond donors (Lipinski definition) is 0. The predicted molar refractivity (Wildman–Crippen MR) is 223 cm³/mol. The summed E-state index contributed by atoms with van der Waals surface area (Å²) in [5.74, 6) is 0.929. The van der Waals surface area contributed by atoms with Gasteiger partial charge in [-0.1, -0.05) is 157 Å². The van der Waals surface area contributed by atoms with Crippen molar-refractivity contribution in [2.45, 2.75) is 26.2 Å². The van der Waals surface area contributed by atoms with Gasteiger partial charge in [-0.25, -0.2) is 4.98 Å². The lowest BCUT2D eigenvalue weighted by molar-refractivity contribution is 0.746. The van der Waals surface area contributed by atoms with E-state index < -0.39 is 5.41 Å². The quantitative estimate of drug-likeness (QED) is 0.126. The summed E-state index contributed by atoms with van der Waals surface area (Å²) in [5.41, 5.74) is 12.4. The van der Waals surface area contributed by atoms with E-state index in [2.05, 4.69) is 201 Å². The van der Waals surface area contributed by atoms with E-state index in [1.807, 2.05) is 0 Å². The normalized spacial score (nSPS) is 13.0. The van der Waals surface area contributed by atoms with Crippen LogP contribution in [-0.2, 0) is 5.41 Å². The molecule has 1 heterocycles. The topological polar surface area (TPSA) is 17.8 Å². The molecule has 0 aliphatic rings. The van der Waals surface area contributed by atoms with Gasteiger partial charge in [0.2, 0.25) is 0 Å². The molecule has 1 aromatic heterocycles. The second-order valence-corrected chi connectivity index (χ2v) is 14.6. The lowest BCUT2D eigenvalue weighted by Crippen LogP contribution is -2.32. The van der Waals surface area contributed by atoms with E-state index in [9.17, 15) is 0 Å². The molecule has 0 amide bonds. The molecule has 2 nitrogen and oxygen atoms in total. The number of fused-ring (bicyclic) bond motifs is 1. The van der Waals surface area contributed by atoms with Gasteiger partial charge in [0.15, 0.2) is 0 Å². The molecule has 0 saturated heterocycles. The molecule has 0 fully saturated rings. The third-order valence-corrected chi connectivity index (χ3v) is 11.3. The molecule has 10 aromatic rings. The maximum atomic E-state index is 5.22. The Bertz CT molecular complexity index is 2950. The first kappa shape index (κ1) is 31.2. The summed E-state index contributed by atoms with van der Waals surface area (Å²) in [6.45, 7) is 6.64. The molecule has 0 aliphatic heterocycles. The second kappa shape index (κ2) is 12.0. The molecule has 53 heavy (non-hydrogen) atoms. The molecule has 0 N–H and O–H groups in total. The van der Waals surface area contributed by atoms with Crippen molar-refractivity contribution in [3.63, 3.8) is 0 Å². The summed E-state index contributed by atoms with van der Waals surface area (Å²) in [6, 6.07) is 65.0. The fourth-order valence-electron chi connectivity index (χ4n) is 8.97. The van der Waals surface area contributed by atoms with E-state index in [-0.39, 0.29) is 0 Å². The van der Waals surface area contributed by atoms with Crippen LogP contribution >= 0.6 is 0 Å². The van der Waals surface area contributed by atoms with E-state index >= 15 is 0 Å². The zero-order chi connectivity index (χ0) is 35.7. The Hall–Kier alpha value is -6.51. The third-order valence-electron chi connectivity index (χ3n) is 11.3. The van der Waals surface area contributed by atoms with Gasteiger partial charge in [0.05, 0.1) is 16.4 Å². The average Bonchev–Trinajstić information content (AvgIpc) is 3.59. The minimum atomic E-state index is -0.631. The molecular weight excluding hydrogens is 641 g/mol. The van der Waals surface area contributed by atoms with Gasteiger partial charge in [0.25, 0.3) is 0 Å². The molecule has 0 aliphatic carbocycles. The van der Waals surface area contributed by atoms with E-state index in [4.69, 9.17) is 4.98 Å². The lowest BCUT2D eigenvalue weighted by atomic mass is 9.62.